The van der Waals surface area contributed by atoms with Gasteiger partial charge >= 0.3 is 0 Å². The molecular weight excluding hydrogens is 358 g/mol. The summed E-state index contributed by atoms with van der Waals surface area (Å²) in [5.41, 5.74) is 0.302. The Balaban J connectivity index is 0.00000288. The lowest BCUT2D eigenvalue weighted by Crippen LogP contribution is -2.28. The first kappa shape index (κ1) is 20.6. The molecule has 2 atom stereocenters. The molecule has 2 heterocycles. The highest BCUT2D eigenvalue weighted by molar-refractivity contribution is 7.89. The van der Waals surface area contributed by atoms with Crippen molar-refractivity contribution in [3.8, 4) is 0 Å². The predicted molar refractivity (Wildman–Crippen MR) is 88.5 cm³/mol. The molecule has 2 N–H and O–H groups in total. The molecule has 2 unspecified atom stereocenters. The summed E-state index contributed by atoms with van der Waals surface area (Å²) in [4.78, 5) is 4.26. The molecule has 0 saturated carbocycles. The normalized spacial score (nSPS) is 14.2. The number of rotatable bonds is 7. The van der Waals surface area contributed by atoms with Crippen molar-refractivity contribution in [2.45, 2.75) is 51.1 Å². The third-order valence-electron chi connectivity index (χ3n) is 3.40. The van der Waals surface area contributed by atoms with Gasteiger partial charge in [0.25, 0.3) is 0 Å². The monoisotopic (exact) mass is 379 g/mol. The SMILES string of the molecule is CNC(C)Cc1noc(C(C)NS(=O)(=O)c2c(C)noc2C)n1.Cl. The molecule has 24 heavy (non-hydrogen) atoms. The number of halogens is 1. The van der Waals surface area contributed by atoms with Crippen LogP contribution in [0.1, 0.15) is 43.1 Å². The summed E-state index contributed by atoms with van der Waals surface area (Å²) in [5.74, 6) is 0.958. The number of aromatic nitrogens is 3. The molecule has 2 aromatic rings. The van der Waals surface area contributed by atoms with Crippen LogP contribution in [-0.2, 0) is 16.4 Å². The lowest BCUT2D eigenvalue weighted by molar-refractivity contribution is 0.348. The molecule has 0 saturated heterocycles. The molecule has 9 nitrogen and oxygen atoms in total. The van der Waals surface area contributed by atoms with E-state index in [1.807, 2.05) is 14.0 Å². The second-order valence-corrected chi connectivity index (χ2v) is 7.09. The number of hydrogen-bond donors (Lipinski definition) is 2. The number of nitrogens with zero attached hydrogens (tertiary/aromatic N) is 3. The minimum Gasteiger partial charge on any atom is -0.360 e. The Morgan fingerprint density at radius 3 is 2.38 bits per heavy atom. The standard InChI is InChI=1S/C13H21N5O4S.ClH/c1-7(14-5)6-11-15-13(22-17-11)9(3)18-23(19,20)12-8(2)16-21-10(12)4;/h7,9,14,18H,6H2,1-5H3;1H. The molecule has 0 aliphatic carbocycles. The molecule has 0 fully saturated rings. The summed E-state index contributed by atoms with van der Waals surface area (Å²) in [5, 5.41) is 10.6. The molecule has 0 bridgehead atoms. The number of hydrogen-bond acceptors (Lipinski definition) is 8. The van der Waals surface area contributed by atoms with Gasteiger partial charge < -0.3 is 14.4 Å². The predicted octanol–water partition coefficient (Wildman–Crippen LogP) is 1.29. The van der Waals surface area contributed by atoms with Crippen LogP contribution in [0.5, 0.6) is 0 Å². The van der Waals surface area contributed by atoms with E-state index in [0.717, 1.165) is 0 Å². The van der Waals surface area contributed by atoms with Gasteiger partial charge in [0.1, 0.15) is 10.6 Å². The molecule has 11 heteroatoms. The highest BCUT2D eigenvalue weighted by Crippen LogP contribution is 2.21. The first-order chi connectivity index (χ1) is 10.7. The maximum atomic E-state index is 12.4. The number of nitrogens with one attached hydrogen (secondary N) is 2. The van der Waals surface area contributed by atoms with E-state index in [4.69, 9.17) is 9.05 Å². The Kier molecular flexibility index (Phi) is 6.90. The average molecular weight is 380 g/mol. The summed E-state index contributed by atoms with van der Waals surface area (Å²) >= 11 is 0. The third-order valence-corrected chi connectivity index (χ3v) is 5.19. The fourth-order valence-corrected chi connectivity index (χ4v) is 3.63. The van der Waals surface area contributed by atoms with E-state index in [9.17, 15) is 8.42 Å². The smallest absolute Gasteiger partial charge is 0.246 e. The van der Waals surface area contributed by atoms with E-state index in [1.54, 1.807) is 20.8 Å². The number of likely N-dealkylation sites (N-methyl/N-ethyl adjacent to an activating group) is 1. The van der Waals surface area contributed by atoms with E-state index in [1.165, 1.54) is 0 Å². The van der Waals surface area contributed by atoms with Gasteiger partial charge in [-0.3, -0.25) is 0 Å². The minimum atomic E-state index is -3.79. The van der Waals surface area contributed by atoms with Gasteiger partial charge in [0.05, 0.1) is 6.04 Å². The van der Waals surface area contributed by atoms with Crippen molar-refractivity contribution in [1.29, 1.82) is 0 Å². The largest absolute Gasteiger partial charge is 0.360 e. The van der Waals surface area contributed by atoms with E-state index < -0.39 is 16.1 Å². The molecule has 136 valence electrons. The van der Waals surface area contributed by atoms with Crippen LogP contribution >= 0.6 is 12.4 Å². The molecule has 0 amide bonds. The summed E-state index contributed by atoms with van der Waals surface area (Å²) in [6, 6.07) is -0.477. The zero-order chi connectivity index (χ0) is 17.2. The van der Waals surface area contributed by atoms with Crippen LogP contribution < -0.4 is 10.0 Å². The highest BCUT2D eigenvalue weighted by Gasteiger charge is 2.28. The van der Waals surface area contributed by atoms with Crippen molar-refractivity contribution in [3.05, 3.63) is 23.2 Å². The fourth-order valence-electron chi connectivity index (χ4n) is 2.10. The van der Waals surface area contributed by atoms with Crippen molar-refractivity contribution in [3.63, 3.8) is 0 Å². The molecule has 2 aromatic heterocycles. The highest BCUT2D eigenvalue weighted by atomic mass is 35.5. The van der Waals surface area contributed by atoms with Crippen LogP contribution in [0.15, 0.2) is 13.9 Å². The molecule has 0 aliphatic rings. The van der Waals surface area contributed by atoms with E-state index in [0.29, 0.717) is 17.9 Å². The van der Waals surface area contributed by atoms with Gasteiger partial charge in [-0.15, -0.1) is 12.4 Å². The summed E-state index contributed by atoms with van der Waals surface area (Å²) in [6.07, 6.45) is 0.587. The number of sulfonamides is 1. The van der Waals surface area contributed by atoms with Gasteiger partial charge in [-0.25, -0.2) is 8.42 Å². The van der Waals surface area contributed by atoms with Crippen LogP contribution in [0, 0.1) is 13.8 Å². The van der Waals surface area contributed by atoms with Gasteiger partial charge in [0.2, 0.25) is 15.9 Å². The minimum absolute atomic E-state index is 0. The molecule has 0 aliphatic heterocycles. The molecular formula is C13H22ClN5O4S. The second-order valence-electron chi connectivity index (χ2n) is 5.44. The van der Waals surface area contributed by atoms with Crippen LogP contribution in [0.2, 0.25) is 0 Å². The summed E-state index contributed by atoms with van der Waals surface area (Å²) < 4.78 is 37.4. The van der Waals surface area contributed by atoms with Gasteiger partial charge in [0.15, 0.2) is 11.6 Å². The topological polar surface area (TPSA) is 123 Å². The zero-order valence-corrected chi connectivity index (χ0v) is 15.8. The van der Waals surface area contributed by atoms with Gasteiger partial charge in [-0.05, 0) is 34.7 Å². The Labute approximate surface area is 147 Å². The Morgan fingerprint density at radius 2 is 1.83 bits per heavy atom. The number of aryl methyl sites for hydroxylation is 2. The second kappa shape index (κ2) is 8.06. The maximum Gasteiger partial charge on any atom is 0.246 e. The lowest BCUT2D eigenvalue weighted by Gasteiger charge is -2.10. The Hall–Kier alpha value is -1.49. The molecule has 0 aromatic carbocycles. The van der Waals surface area contributed by atoms with Crippen molar-refractivity contribution in [2.75, 3.05) is 7.05 Å². The van der Waals surface area contributed by atoms with Crippen LogP contribution in [-0.4, -0.2) is 36.8 Å². The molecule has 0 radical (unpaired) electrons. The van der Waals surface area contributed by atoms with Crippen LogP contribution in [0.4, 0.5) is 0 Å². The van der Waals surface area contributed by atoms with E-state index in [2.05, 4.69) is 25.3 Å². The molecule has 2 rings (SSSR count). The molecule has 0 spiro atoms. The van der Waals surface area contributed by atoms with Crippen LogP contribution in [0.25, 0.3) is 0 Å². The summed E-state index contributed by atoms with van der Waals surface area (Å²) in [7, 11) is -1.95. The van der Waals surface area contributed by atoms with Crippen molar-refractivity contribution in [1.82, 2.24) is 25.3 Å². The summed E-state index contributed by atoms with van der Waals surface area (Å²) in [6.45, 7) is 6.73. The van der Waals surface area contributed by atoms with Crippen molar-refractivity contribution in [2.24, 2.45) is 0 Å². The van der Waals surface area contributed by atoms with Gasteiger partial charge in [0, 0.05) is 12.5 Å². The van der Waals surface area contributed by atoms with E-state index >= 15 is 0 Å². The Bertz CT molecular complexity index is 754. The van der Waals surface area contributed by atoms with Gasteiger partial charge in [-0.1, -0.05) is 10.3 Å². The Morgan fingerprint density at radius 1 is 1.17 bits per heavy atom. The van der Waals surface area contributed by atoms with Crippen molar-refractivity contribution >= 4 is 22.4 Å². The van der Waals surface area contributed by atoms with Crippen LogP contribution in [0.3, 0.4) is 0 Å². The first-order valence-electron chi connectivity index (χ1n) is 7.19. The van der Waals surface area contributed by atoms with Crippen molar-refractivity contribution < 1.29 is 17.5 Å². The third kappa shape index (κ3) is 4.53. The fraction of sp³-hybridized carbons (Fsp3) is 0.615. The van der Waals surface area contributed by atoms with Gasteiger partial charge in [-0.2, -0.15) is 9.71 Å². The first-order valence-corrected chi connectivity index (χ1v) is 8.68. The average Bonchev–Trinajstić information content (AvgIpc) is 3.05. The lowest BCUT2D eigenvalue weighted by atomic mass is 10.2. The zero-order valence-electron chi connectivity index (χ0n) is 14.2. The maximum absolute atomic E-state index is 12.4. The quantitative estimate of drug-likeness (QED) is 0.737. The van der Waals surface area contributed by atoms with E-state index in [-0.39, 0.29) is 35.0 Å².